The van der Waals surface area contributed by atoms with Crippen molar-refractivity contribution in [3.8, 4) is 5.75 Å². The quantitative estimate of drug-likeness (QED) is 0.552. The standard InChI is InChI=1S/C16H22N4O3/c1-18(2)8-4-5-13-6-7-16(23-3)14(9-13)11-19-12-15(10-17-19)20(21)22/h6-7,9-10,12H,4-5,8,11H2,1-3H3. The van der Waals surface area contributed by atoms with Crippen LogP contribution >= 0.6 is 0 Å². The Bertz CT molecular complexity index is 667. The van der Waals surface area contributed by atoms with Crippen molar-refractivity contribution in [3.05, 3.63) is 51.8 Å². The Labute approximate surface area is 135 Å². The monoisotopic (exact) mass is 318 g/mol. The summed E-state index contributed by atoms with van der Waals surface area (Å²) in [5.74, 6) is 0.763. The average molecular weight is 318 g/mol. The topological polar surface area (TPSA) is 73.4 Å². The zero-order valence-corrected chi connectivity index (χ0v) is 13.7. The van der Waals surface area contributed by atoms with Crippen LogP contribution in [-0.2, 0) is 13.0 Å². The number of hydrogen-bond donors (Lipinski definition) is 0. The predicted molar refractivity (Wildman–Crippen MR) is 87.9 cm³/mol. The molecular weight excluding hydrogens is 296 g/mol. The van der Waals surface area contributed by atoms with E-state index in [2.05, 4.69) is 36.2 Å². The molecule has 0 aliphatic carbocycles. The van der Waals surface area contributed by atoms with E-state index in [-0.39, 0.29) is 5.69 Å². The maximum absolute atomic E-state index is 10.7. The van der Waals surface area contributed by atoms with E-state index in [1.165, 1.54) is 18.0 Å². The molecule has 0 unspecified atom stereocenters. The third-order valence-corrected chi connectivity index (χ3v) is 3.58. The van der Waals surface area contributed by atoms with Gasteiger partial charge in [0.25, 0.3) is 0 Å². The lowest BCUT2D eigenvalue weighted by Gasteiger charge is -2.12. The second kappa shape index (κ2) is 7.73. The molecule has 1 aromatic carbocycles. The van der Waals surface area contributed by atoms with Gasteiger partial charge in [0.15, 0.2) is 0 Å². The number of rotatable bonds is 8. The molecule has 0 radical (unpaired) electrons. The van der Waals surface area contributed by atoms with Crippen LogP contribution in [0.4, 0.5) is 5.69 Å². The smallest absolute Gasteiger partial charge is 0.307 e. The molecule has 2 rings (SSSR count). The molecule has 0 bridgehead atoms. The van der Waals surface area contributed by atoms with E-state index in [1.54, 1.807) is 11.8 Å². The first-order valence-corrected chi connectivity index (χ1v) is 7.47. The van der Waals surface area contributed by atoms with Gasteiger partial charge in [0.1, 0.15) is 18.1 Å². The molecular formula is C16H22N4O3. The normalized spacial score (nSPS) is 11.0. The molecule has 0 saturated carbocycles. The maximum Gasteiger partial charge on any atom is 0.307 e. The molecule has 7 heteroatoms. The molecule has 23 heavy (non-hydrogen) atoms. The molecule has 124 valence electrons. The molecule has 0 aliphatic heterocycles. The Morgan fingerprint density at radius 2 is 2.17 bits per heavy atom. The van der Waals surface area contributed by atoms with Gasteiger partial charge in [0.2, 0.25) is 0 Å². The minimum atomic E-state index is -0.446. The van der Waals surface area contributed by atoms with E-state index in [0.29, 0.717) is 6.54 Å². The summed E-state index contributed by atoms with van der Waals surface area (Å²) in [7, 11) is 5.74. The molecule has 1 heterocycles. The number of nitrogens with zero attached hydrogens (tertiary/aromatic N) is 4. The molecule has 0 amide bonds. The fourth-order valence-corrected chi connectivity index (χ4v) is 2.42. The summed E-state index contributed by atoms with van der Waals surface area (Å²) in [5.41, 5.74) is 2.18. The first kappa shape index (κ1) is 17.0. The highest BCUT2D eigenvalue weighted by atomic mass is 16.6. The zero-order valence-electron chi connectivity index (χ0n) is 13.7. The molecule has 0 aliphatic rings. The molecule has 2 aromatic rings. The van der Waals surface area contributed by atoms with E-state index in [4.69, 9.17) is 4.74 Å². The Morgan fingerprint density at radius 3 is 2.78 bits per heavy atom. The van der Waals surface area contributed by atoms with Gasteiger partial charge < -0.3 is 9.64 Å². The van der Waals surface area contributed by atoms with Crippen LogP contribution in [0.2, 0.25) is 0 Å². The maximum atomic E-state index is 10.7. The predicted octanol–water partition coefficient (Wildman–Crippen LogP) is 2.34. The third kappa shape index (κ3) is 4.79. The molecule has 0 fully saturated rings. The number of hydrogen-bond acceptors (Lipinski definition) is 5. The lowest BCUT2D eigenvalue weighted by molar-refractivity contribution is -0.385. The highest BCUT2D eigenvalue weighted by Gasteiger charge is 2.11. The lowest BCUT2D eigenvalue weighted by atomic mass is 10.1. The minimum absolute atomic E-state index is 0.00824. The molecule has 0 saturated heterocycles. The Balaban J connectivity index is 2.12. The van der Waals surface area contributed by atoms with Crippen LogP contribution in [0.3, 0.4) is 0 Å². The number of aromatic nitrogens is 2. The summed E-state index contributed by atoms with van der Waals surface area (Å²) in [5, 5.41) is 14.8. The Hall–Kier alpha value is -2.41. The summed E-state index contributed by atoms with van der Waals surface area (Å²) >= 11 is 0. The first-order valence-electron chi connectivity index (χ1n) is 7.47. The van der Waals surface area contributed by atoms with Crippen LogP contribution in [0.15, 0.2) is 30.6 Å². The minimum Gasteiger partial charge on any atom is -0.496 e. The summed E-state index contributed by atoms with van der Waals surface area (Å²) in [4.78, 5) is 12.5. The summed E-state index contributed by atoms with van der Waals surface area (Å²) in [6, 6.07) is 6.09. The van der Waals surface area contributed by atoms with Gasteiger partial charge in [0.05, 0.1) is 18.6 Å². The van der Waals surface area contributed by atoms with E-state index < -0.39 is 4.92 Å². The molecule has 0 N–H and O–H groups in total. The van der Waals surface area contributed by atoms with Crippen LogP contribution in [0, 0.1) is 10.1 Å². The summed E-state index contributed by atoms with van der Waals surface area (Å²) in [6.07, 6.45) is 4.74. The highest BCUT2D eigenvalue weighted by molar-refractivity contribution is 5.38. The van der Waals surface area contributed by atoms with Crippen molar-refractivity contribution in [1.29, 1.82) is 0 Å². The van der Waals surface area contributed by atoms with Gasteiger partial charge in [0, 0.05) is 5.56 Å². The number of ether oxygens (including phenoxy) is 1. The van der Waals surface area contributed by atoms with Gasteiger partial charge in [-0.3, -0.25) is 14.8 Å². The Kier molecular flexibility index (Phi) is 5.70. The van der Waals surface area contributed by atoms with Gasteiger partial charge in [-0.1, -0.05) is 12.1 Å². The number of methoxy groups -OCH3 is 1. The van der Waals surface area contributed by atoms with E-state index >= 15 is 0 Å². The van der Waals surface area contributed by atoms with Crippen LogP contribution in [0.25, 0.3) is 0 Å². The van der Waals surface area contributed by atoms with Crippen LogP contribution in [-0.4, -0.2) is 47.4 Å². The molecule has 1 aromatic heterocycles. The van der Waals surface area contributed by atoms with Gasteiger partial charge >= 0.3 is 5.69 Å². The number of nitro groups is 1. The molecule has 7 nitrogen and oxygen atoms in total. The largest absolute Gasteiger partial charge is 0.496 e. The fourth-order valence-electron chi connectivity index (χ4n) is 2.42. The van der Waals surface area contributed by atoms with Gasteiger partial charge in [-0.2, -0.15) is 5.10 Å². The third-order valence-electron chi connectivity index (χ3n) is 3.58. The van der Waals surface area contributed by atoms with Crippen molar-refractivity contribution in [2.45, 2.75) is 19.4 Å². The van der Waals surface area contributed by atoms with Gasteiger partial charge in [-0.05, 0) is 45.1 Å². The van der Waals surface area contributed by atoms with Crippen LogP contribution < -0.4 is 4.74 Å². The van der Waals surface area contributed by atoms with Crippen LogP contribution in [0.5, 0.6) is 5.75 Å². The van der Waals surface area contributed by atoms with Crippen molar-refractivity contribution < 1.29 is 9.66 Å². The fraction of sp³-hybridized carbons (Fsp3) is 0.438. The number of benzene rings is 1. The second-order valence-corrected chi connectivity index (χ2v) is 5.71. The molecule has 0 atom stereocenters. The first-order chi connectivity index (χ1) is 11.0. The van der Waals surface area contributed by atoms with E-state index in [9.17, 15) is 10.1 Å². The van der Waals surface area contributed by atoms with Gasteiger partial charge in [-0.25, -0.2) is 0 Å². The van der Waals surface area contributed by atoms with E-state index in [1.807, 2.05) is 6.07 Å². The van der Waals surface area contributed by atoms with Crippen molar-refractivity contribution in [2.75, 3.05) is 27.7 Å². The SMILES string of the molecule is COc1ccc(CCCN(C)C)cc1Cn1cc([N+](=O)[O-])cn1. The summed E-state index contributed by atoms with van der Waals surface area (Å²) in [6.45, 7) is 1.48. The van der Waals surface area contributed by atoms with Crippen molar-refractivity contribution in [1.82, 2.24) is 14.7 Å². The second-order valence-electron chi connectivity index (χ2n) is 5.71. The lowest BCUT2D eigenvalue weighted by Crippen LogP contribution is -2.13. The number of aryl methyl sites for hydroxylation is 1. The van der Waals surface area contributed by atoms with Gasteiger partial charge in [-0.15, -0.1) is 0 Å². The van der Waals surface area contributed by atoms with Crippen molar-refractivity contribution in [2.24, 2.45) is 0 Å². The highest BCUT2D eigenvalue weighted by Crippen LogP contribution is 2.22. The molecule has 0 spiro atoms. The Morgan fingerprint density at radius 1 is 1.39 bits per heavy atom. The zero-order chi connectivity index (χ0) is 16.8. The van der Waals surface area contributed by atoms with E-state index in [0.717, 1.165) is 30.7 Å². The summed E-state index contributed by atoms with van der Waals surface area (Å²) < 4.78 is 6.94. The van der Waals surface area contributed by atoms with Crippen LogP contribution in [0.1, 0.15) is 17.5 Å². The van der Waals surface area contributed by atoms with Crippen molar-refractivity contribution >= 4 is 5.69 Å². The average Bonchev–Trinajstić information content (AvgIpc) is 2.96. The van der Waals surface area contributed by atoms with Crippen molar-refractivity contribution in [3.63, 3.8) is 0 Å².